The maximum absolute atomic E-state index is 10.8. The van der Waals surface area contributed by atoms with Gasteiger partial charge < -0.3 is 5.11 Å². The molecule has 0 saturated carbocycles. The lowest BCUT2D eigenvalue weighted by molar-refractivity contribution is 0.101. The van der Waals surface area contributed by atoms with E-state index >= 15 is 0 Å². The van der Waals surface area contributed by atoms with Crippen molar-refractivity contribution in [2.75, 3.05) is 0 Å². The molecular weight excluding hydrogens is 208 g/mol. The van der Waals surface area contributed by atoms with Gasteiger partial charge in [0.25, 0.3) is 0 Å². The lowest BCUT2D eigenvalue weighted by Crippen LogP contribution is -2.24. The van der Waals surface area contributed by atoms with E-state index in [4.69, 9.17) is 0 Å². The summed E-state index contributed by atoms with van der Waals surface area (Å²) in [6.07, 6.45) is 0. The first-order valence-electron chi connectivity index (χ1n) is 5.87. The molecule has 0 amide bonds. The van der Waals surface area contributed by atoms with Crippen LogP contribution in [0.3, 0.4) is 0 Å². The molecule has 0 heterocycles. The normalized spacial score (nSPS) is 14.4. The van der Waals surface area contributed by atoms with E-state index in [1.165, 1.54) is 5.56 Å². The number of rotatable bonds is 2. The van der Waals surface area contributed by atoms with Gasteiger partial charge in [-0.1, -0.05) is 54.1 Å². The van der Waals surface area contributed by atoms with Crippen molar-refractivity contribution in [1.82, 2.24) is 0 Å². The minimum atomic E-state index is -0.933. The molecule has 1 nitrogen and oxygen atoms in total. The first kappa shape index (κ1) is 11.9. The van der Waals surface area contributed by atoms with Gasteiger partial charge in [0, 0.05) is 0 Å². The zero-order chi connectivity index (χ0) is 12.5. The molecule has 2 aromatic rings. The summed E-state index contributed by atoms with van der Waals surface area (Å²) in [6, 6.07) is 16.0. The summed E-state index contributed by atoms with van der Waals surface area (Å²) in [7, 11) is 0. The molecule has 0 aromatic heterocycles. The molecule has 0 spiro atoms. The van der Waals surface area contributed by atoms with Gasteiger partial charge in [-0.15, -0.1) is 0 Å². The molecule has 88 valence electrons. The van der Waals surface area contributed by atoms with Gasteiger partial charge in [0.1, 0.15) is 5.60 Å². The van der Waals surface area contributed by atoms with Crippen LogP contribution in [0, 0.1) is 13.8 Å². The zero-order valence-corrected chi connectivity index (χ0v) is 10.6. The standard InChI is InChI=1S/C16H18O/c1-12-9-10-13(2)15(11-12)16(3,17)14-7-5-4-6-8-14/h4-11,17H,1-3H3/t16-/m0/s1. The summed E-state index contributed by atoms with van der Waals surface area (Å²) < 4.78 is 0. The number of hydrogen-bond donors (Lipinski definition) is 1. The van der Waals surface area contributed by atoms with Crippen molar-refractivity contribution in [2.24, 2.45) is 0 Å². The second-order valence-electron chi connectivity index (χ2n) is 4.76. The molecule has 1 N–H and O–H groups in total. The lowest BCUT2D eigenvalue weighted by Gasteiger charge is -2.26. The highest BCUT2D eigenvalue weighted by Gasteiger charge is 2.26. The molecular formula is C16H18O. The quantitative estimate of drug-likeness (QED) is 0.830. The Kier molecular flexibility index (Phi) is 3.03. The van der Waals surface area contributed by atoms with Crippen LogP contribution in [0.2, 0.25) is 0 Å². The van der Waals surface area contributed by atoms with Gasteiger partial charge in [0.05, 0.1) is 0 Å². The molecule has 1 atom stereocenters. The van der Waals surface area contributed by atoms with E-state index in [1.54, 1.807) is 0 Å². The Bertz CT molecular complexity index is 512. The molecule has 2 aromatic carbocycles. The highest BCUT2D eigenvalue weighted by molar-refractivity contribution is 5.41. The predicted molar refractivity (Wildman–Crippen MR) is 71.0 cm³/mol. The van der Waals surface area contributed by atoms with Crippen LogP contribution in [-0.4, -0.2) is 5.11 Å². The third kappa shape index (κ3) is 2.25. The molecule has 17 heavy (non-hydrogen) atoms. The highest BCUT2D eigenvalue weighted by Crippen LogP contribution is 2.31. The number of aryl methyl sites for hydroxylation is 2. The first-order chi connectivity index (χ1) is 8.01. The van der Waals surface area contributed by atoms with Gasteiger partial charge in [-0.3, -0.25) is 0 Å². The van der Waals surface area contributed by atoms with Gasteiger partial charge in [0.15, 0.2) is 0 Å². The number of benzene rings is 2. The highest BCUT2D eigenvalue weighted by atomic mass is 16.3. The number of aliphatic hydroxyl groups is 1. The van der Waals surface area contributed by atoms with Gasteiger partial charge >= 0.3 is 0 Å². The van der Waals surface area contributed by atoms with E-state index in [9.17, 15) is 5.11 Å². The van der Waals surface area contributed by atoms with Crippen molar-refractivity contribution in [2.45, 2.75) is 26.4 Å². The molecule has 0 unspecified atom stereocenters. The summed E-state index contributed by atoms with van der Waals surface area (Å²) in [5, 5.41) is 10.8. The second-order valence-corrected chi connectivity index (χ2v) is 4.76. The van der Waals surface area contributed by atoms with Crippen molar-refractivity contribution in [3.8, 4) is 0 Å². The van der Waals surface area contributed by atoms with E-state index in [-0.39, 0.29) is 0 Å². The molecule has 0 aliphatic carbocycles. The predicted octanol–water partition coefficient (Wildman–Crippen LogP) is 3.56. The summed E-state index contributed by atoms with van der Waals surface area (Å²) in [5.74, 6) is 0. The van der Waals surface area contributed by atoms with Crippen LogP contribution in [0.25, 0.3) is 0 Å². The average Bonchev–Trinajstić information content (AvgIpc) is 2.33. The van der Waals surface area contributed by atoms with Crippen molar-refractivity contribution < 1.29 is 5.11 Å². The fourth-order valence-electron chi connectivity index (χ4n) is 2.18. The van der Waals surface area contributed by atoms with E-state index in [0.29, 0.717) is 0 Å². The zero-order valence-electron chi connectivity index (χ0n) is 10.6. The Hall–Kier alpha value is -1.60. The fraction of sp³-hybridized carbons (Fsp3) is 0.250. The van der Waals surface area contributed by atoms with E-state index in [1.807, 2.05) is 51.1 Å². The van der Waals surface area contributed by atoms with Crippen LogP contribution in [0.1, 0.15) is 29.2 Å². The molecule has 0 radical (unpaired) electrons. The molecule has 0 aliphatic rings. The van der Waals surface area contributed by atoms with Crippen molar-refractivity contribution in [3.63, 3.8) is 0 Å². The van der Waals surface area contributed by atoms with E-state index in [0.717, 1.165) is 16.7 Å². The van der Waals surface area contributed by atoms with Crippen LogP contribution in [0.5, 0.6) is 0 Å². The van der Waals surface area contributed by atoms with Crippen molar-refractivity contribution in [3.05, 3.63) is 70.8 Å². The Labute approximate surface area is 103 Å². The van der Waals surface area contributed by atoms with Crippen LogP contribution in [0.4, 0.5) is 0 Å². The largest absolute Gasteiger partial charge is 0.381 e. The first-order valence-corrected chi connectivity index (χ1v) is 5.87. The summed E-state index contributed by atoms with van der Waals surface area (Å²) in [6.45, 7) is 5.93. The van der Waals surface area contributed by atoms with E-state index < -0.39 is 5.60 Å². The third-order valence-electron chi connectivity index (χ3n) is 3.25. The minimum absolute atomic E-state index is 0.925. The molecule has 0 bridgehead atoms. The topological polar surface area (TPSA) is 20.2 Å². The number of hydrogen-bond acceptors (Lipinski definition) is 1. The molecule has 0 saturated heterocycles. The fourth-order valence-corrected chi connectivity index (χ4v) is 2.18. The van der Waals surface area contributed by atoms with Crippen LogP contribution in [0.15, 0.2) is 48.5 Å². The molecule has 2 rings (SSSR count). The third-order valence-corrected chi connectivity index (χ3v) is 3.25. The molecule has 0 fully saturated rings. The van der Waals surface area contributed by atoms with Gasteiger partial charge in [-0.2, -0.15) is 0 Å². The van der Waals surface area contributed by atoms with Gasteiger partial charge in [0.2, 0.25) is 0 Å². The van der Waals surface area contributed by atoms with Crippen LogP contribution in [-0.2, 0) is 5.60 Å². The average molecular weight is 226 g/mol. The summed E-state index contributed by atoms with van der Waals surface area (Å²) >= 11 is 0. The Morgan fingerprint density at radius 3 is 2.24 bits per heavy atom. The van der Waals surface area contributed by atoms with Gasteiger partial charge in [-0.25, -0.2) is 0 Å². The molecule has 0 aliphatic heterocycles. The monoisotopic (exact) mass is 226 g/mol. The molecule has 1 heteroatoms. The Balaban J connectivity index is 2.55. The van der Waals surface area contributed by atoms with Crippen molar-refractivity contribution in [1.29, 1.82) is 0 Å². The van der Waals surface area contributed by atoms with E-state index in [2.05, 4.69) is 18.2 Å². The second kappa shape index (κ2) is 4.34. The van der Waals surface area contributed by atoms with Crippen LogP contribution >= 0.6 is 0 Å². The summed E-state index contributed by atoms with van der Waals surface area (Å²) in [4.78, 5) is 0. The maximum Gasteiger partial charge on any atom is 0.112 e. The van der Waals surface area contributed by atoms with Gasteiger partial charge in [-0.05, 0) is 37.5 Å². The van der Waals surface area contributed by atoms with Crippen molar-refractivity contribution >= 4 is 0 Å². The lowest BCUT2D eigenvalue weighted by atomic mass is 9.85. The SMILES string of the molecule is Cc1ccc(C)c([C@@](C)(O)c2ccccc2)c1. The Morgan fingerprint density at radius 2 is 1.59 bits per heavy atom. The van der Waals surface area contributed by atoms with Crippen LogP contribution < -0.4 is 0 Å². The Morgan fingerprint density at radius 1 is 0.941 bits per heavy atom. The minimum Gasteiger partial charge on any atom is -0.381 e. The summed E-state index contributed by atoms with van der Waals surface area (Å²) in [5.41, 5.74) is 3.25. The smallest absolute Gasteiger partial charge is 0.112 e. The maximum atomic E-state index is 10.8.